The SMILES string of the molecule is COc1ccc2cn(C[C@@]3(C#Cc4cc(Cl)cc(Cl)c4)NC(=O)NC3=O)c(O)c2c1. The number of hydrogen-bond acceptors (Lipinski definition) is 4. The van der Waals surface area contributed by atoms with Crippen molar-refractivity contribution in [2.75, 3.05) is 7.11 Å². The predicted octanol–water partition coefficient (Wildman–Crippen LogP) is 3.29. The number of benzene rings is 2. The minimum atomic E-state index is -1.59. The molecule has 1 saturated heterocycles. The molecule has 7 nitrogen and oxygen atoms in total. The van der Waals surface area contributed by atoms with Gasteiger partial charge in [-0.3, -0.25) is 10.1 Å². The van der Waals surface area contributed by atoms with Crippen molar-refractivity contribution in [1.82, 2.24) is 15.2 Å². The molecule has 0 saturated carbocycles. The van der Waals surface area contributed by atoms with Crippen molar-refractivity contribution in [3.63, 3.8) is 0 Å². The van der Waals surface area contributed by atoms with Gasteiger partial charge in [-0.1, -0.05) is 35.0 Å². The molecule has 0 radical (unpaired) electrons. The van der Waals surface area contributed by atoms with Crippen LogP contribution in [0.2, 0.25) is 10.0 Å². The van der Waals surface area contributed by atoms with Crippen LogP contribution in [0.3, 0.4) is 0 Å². The van der Waals surface area contributed by atoms with E-state index >= 15 is 0 Å². The van der Waals surface area contributed by atoms with E-state index in [0.29, 0.717) is 26.7 Å². The van der Waals surface area contributed by atoms with E-state index in [-0.39, 0.29) is 12.4 Å². The number of nitrogens with zero attached hydrogens (tertiary/aromatic N) is 1. The number of ether oxygens (including phenoxy) is 1. The zero-order chi connectivity index (χ0) is 21.5. The second-order valence-electron chi connectivity index (χ2n) is 6.76. The molecule has 0 unspecified atom stereocenters. The Kier molecular flexibility index (Phi) is 4.98. The van der Waals surface area contributed by atoms with Crippen LogP contribution in [-0.2, 0) is 11.3 Å². The molecule has 152 valence electrons. The van der Waals surface area contributed by atoms with Gasteiger partial charge in [0.05, 0.1) is 13.7 Å². The molecule has 0 aliphatic carbocycles. The Morgan fingerprint density at radius 2 is 1.90 bits per heavy atom. The molecule has 30 heavy (non-hydrogen) atoms. The largest absolute Gasteiger partial charge is 0.497 e. The minimum Gasteiger partial charge on any atom is -0.497 e. The number of rotatable bonds is 3. The highest BCUT2D eigenvalue weighted by Gasteiger charge is 2.46. The molecule has 3 amide bonds. The van der Waals surface area contributed by atoms with Gasteiger partial charge >= 0.3 is 6.03 Å². The third-order valence-electron chi connectivity index (χ3n) is 4.70. The first-order valence-electron chi connectivity index (χ1n) is 8.78. The van der Waals surface area contributed by atoms with Crippen LogP contribution in [-0.4, -0.2) is 34.3 Å². The zero-order valence-corrected chi connectivity index (χ0v) is 17.1. The number of hydrogen-bond donors (Lipinski definition) is 3. The molecule has 0 spiro atoms. The summed E-state index contributed by atoms with van der Waals surface area (Å²) in [6.07, 6.45) is 1.67. The highest BCUT2D eigenvalue weighted by molar-refractivity contribution is 6.34. The summed E-state index contributed by atoms with van der Waals surface area (Å²) in [6.45, 7) is -0.116. The molecule has 2 heterocycles. The van der Waals surface area contributed by atoms with Crippen LogP contribution in [0.5, 0.6) is 11.6 Å². The summed E-state index contributed by atoms with van der Waals surface area (Å²) in [5, 5.41) is 17.5. The van der Waals surface area contributed by atoms with Gasteiger partial charge in [-0.25, -0.2) is 4.79 Å². The van der Waals surface area contributed by atoms with E-state index in [2.05, 4.69) is 22.5 Å². The van der Waals surface area contributed by atoms with E-state index in [4.69, 9.17) is 27.9 Å². The fraction of sp³-hybridized carbons (Fsp3) is 0.143. The number of halogens is 2. The Balaban J connectivity index is 1.77. The summed E-state index contributed by atoms with van der Waals surface area (Å²) in [4.78, 5) is 24.5. The van der Waals surface area contributed by atoms with Crippen molar-refractivity contribution in [1.29, 1.82) is 0 Å². The number of fused-ring (bicyclic) bond motifs is 1. The summed E-state index contributed by atoms with van der Waals surface area (Å²) in [6, 6.07) is 9.30. The number of imide groups is 1. The minimum absolute atomic E-state index is 0.0789. The Bertz CT molecular complexity index is 1240. The average molecular weight is 444 g/mol. The van der Waals surface area contributed by atoms with E-state index in [1.165, 1.54) is 11.7 Å². The van der Waals surface area contributed by atoms with E-state index in [1.807, 2.05) is 0 Å². The van der Waals surface area contributed by atoms with Crippen LogP contribution in [0, 0.1) is 11.8 Å². The Morgan fingerprint density at radius 1 is 1.17 bits per heavy atom. The van der Waals surface area contributed by atoms with Crippen LogP contribution < -0.4 is 15.4 Å². The Hall–Kier alpha value is -3.34. The van der Waals surface area contributed by atoms with Gasteiger partial charge < -0.3 is 19.7 Å². The normalized spacial score (nSPS) is 18.0. The molecule has 1 fully saturated rings. The van der Waals surface area contributed by atoms with Crippen molar-refractivity contribution < 1.29 is 19.4 Å². The lowest BCUT2D eigenvalue weighted by molar-refractivity contribution is -0.122. The summed E-state index contributed by atoms with van der Waals surface area (Å²) in [7, 11) is 1.53. The second kappa shape index (κ2) is 7.48. The maximum Gasteiger partial charge on any atom is 0.323 e. The van der Waals surface area contributed by atoms with Gasteiger partial charge in [-0.15, -0.1) is 0 Å². The standard InChI is InChI=1S/C21H15Cl2N3O4/c1-30-16-3-2-13-10-26(18(27)17(13)9-16)11-21(19(28)24-20(29)25-21)5-4-12-6-14(22)8-15(23)7-12/h2-3,6-10,27H,11H2,1H3,(H2,24,25,28,29)/t21-/m1/s1. The zero-order valence-electron chi connectivity index (χ0n) is 15.6. The highest BCUT2D eigenvalue weighted by atomic mass is 35.5. The molecule has 0 bridgehead atoms. The summed E-state index contributed by atoms with van der Waals surface area (Å²) < 4.78 is 6.65. The Labute approximate surface area is 181 Å². The fourth-order valence-corrected chi connectivity index (χ4v) is 3.79. The quantitative estimate of drug-likeness (QED) is 0.427. The molecule has 9 heteroatoms. The average Bonchev–Trinajstić information content (AvgIpc) is 3.15. The van der Waals surface area contributed by atoms with Gasteiger partial charge in [0, 0.05) is 32.6 Å². The van der Waals surface area contributed by atoms with Gasteiger partial charge in [0.15, 0.2) is 5.88 Å². The van der Waals surface area contributed by atoms with Crippen molar-refractivity contribution in [2.24, 2.45) is 0 Å². The number of amides is 3. The summed E-state index contributed by atoms with van der Waals surface area (Å²) in [5.41, 5.74) is -1.12. The number of carbonyl (C=O) groups is 2. The second-order valence-corrected chi connectivity index (χ2v) is 7.63. The van der Waals surface area contributed by atoms with Crippen molar-refractivity contribution >= 4 is 45.9 Å². The number of aromatic nitrogens is 1. The number of nitrogens with one attached hydrogen (secondary N) is 2. The summed E-state index contributed by atoms with van der Waals surface area (Å²) >= 11 is 12.0. The lowest BCUT2D eigenvalue weighted by Crippen LogP contribution is -2.49. The van der Waals surface area contributed by atoms with Crippen molar-refractivity contribution in [3.05, 3.63) is 58.2 Å². The molecule has 3 aromatic rings. The molecule has 1 aliphatic rings. The van der Waals surface area contributed by atoms with E-state index in [1.54, 1.807) is 42.6 Å². The maximum atomic E-state index is 12.6. The first kappa shape index (κ1) is 20.0. The highest BCUT2D eigenvalue weighted by Crippen LogP contribution is 2.32. The van der Waals surface area contributed by atoms with Crippen LogP contribution in [0.25, 0.3) is 10.8 Å². The number of aromatic hydroxyl groups is 1. The lowest BCUT2D eigenvalue weighted by atomic mass is 10.00. The third kappa shape index (κ3) is 3.63. The number of urea groups is 1. The van der Waals surface area contributed by atoms with Gasteiger partial charge in [0.2, 0.25) is 5.54 Å². The number of carbonyl (C=O) groups excluding carboxylic acids is 2. The van der Waals surface area contributed by atoms with Crippen molar-refractivity contribution in [2.45, 2.75) is 12.1 Å². The topological polar surface area (TPSA) is 92.6 Å². The fourth-order valence-electron chi connectivity index (χ4n) is 3.26. The van der Waals surface area contributed by atoms with E-state index in [9.17, 15) is 14.7 Å². The van der Waals surface area contributed by atoms with Crippen LogP contribution >= 0.6 is 23.2 Å². The van der Waals surface area contributed by atoms with Gasteiger partial charge in [0.1, 0.15) is 5.75 Å². The molecule has 2 aromatic carbocycles. The maximum absolute atomic E-state index is 12.6. The van der Waals surface area contributed by atoms with Gasteiger partial charge in [-0.05, 0) is 36.4 Å². The molecule has 1 aliphatic heterocycles. The first-order valence-corrected chi connectivity index (χ1v) is 9.54. The van der Waals surface area contributed by atoms with Crippen LogP contribution in [0.1, 0.15) is 5.56 Å². The predicted molar refractivity (Wildman–Crippen MR) is 113 cm³/mol. The first-order chi connectivity index (χ1) is 14.3. The smallest absolute Gasteiger partial charge is 0.323 e. The van der Waals surface area contributed by atoms with E-state index in [0.717, 1.165) is 5.39 Å². The van der Waals surface area contributed by atoms with Crippen LogP contribution in [0.4, 0.5) is 4.79 Å². The molecular weight excluding hydrogens is 429 g/mol. The Morgan fingerprint density at radius 3 is 2.53 bits per heavy atom. The summed E-state index contributed by atoms with van der Waals surface area (Å²) in [5.74, 6) is 5.54. The van der Waals surface area contributed by atoms with Crippen LogP contribution in [0.15, 0.2) is 42.6 Å². The molecule has 1 aromatic heterocycles. The molecule has 1 atom stereocenters. The van der Waals surface area contributed by atoms with Gasteiger partial charge in [0.25, 0.3) is 5.91 Å². The molecule has 4 rings (SSSR count). The van der Waals surface area contributed by atoms with E-state index < -0.39 is 17.5 Å². The number of methoxy groups -OCH3 is 1. The lowest BCUT2D eigenvalue weighted by Gasteiger charge is -2.20. The van der Waals surface area contributed by atoms with Gasteiger partial charge in [-0.2, -0.15) is 0 Å². The molecular formula is C21H15Cl2N3O4. The third-order valence-corrected chi connectivity index (χ3v) is 5.14. The van der Waals surface area contributed by atoms with Crippen molar-refractivity contribution in [3.8, 4) is 23.5 Å². The molecule has 3 N–H and O–H groups in total. The monoisotopic (exact) mass is 443 g/mol.